The first-order chi connectivity index (χ1) is 10.6. The van der Waals surface area contributed by atoms with E-state index in [2.05, 4.69) is 0 Å². The molecule has 6 heteroatoms. The van der Waals surface area contributed by atoms with E-state index in [1.165, 1.54) is 10.5 Å². The molecule has 0 saturated carbocycles. The van der Waals surface area contributed by atoms with E-state index in [0.29, 0.717) is 31.7 Å². The number of likely N-dealkylation sites (tertiary alicyclic amines) is 2. The van der Waals surface area contributed by atoms with Crippen molar-refractivity contribution in [3.05, 3.63) is 35.9 Å². The molecule has 2 aliphatic rings. The third-order valence-electron chi connectivity index (χ3n) is 4.01. The van der Waals surface area contributed by atoms with E-state index in [-0.39, 0.29) is 23.8 Å². The van der Waals surface area contributed by atoms with E-state index in [1.807, 2.05) is 30.3 Å². The molecule has 1 aromatic carbocycles. The van der Waals surface area contributed by atoms with Gasteiger partial charge in [-0.3, -0.25) is 19.3 Å². The molecule has 0 bridgehead atoms. The fourth-order valence-electron chi connectivity index (χ4n) is 2.75. The molecular weight excluding hydrogens is 300 g/mol. The number of amides is 3. The molecule has 0 atom stereocenters. The van der Waals surface area contributed by atoms with Gasteiger partial charge in [-0.15, -0.1) is 11.8 Å². The Morgan fingerprint density at radius 1 is 1.09 bits per heavy atom. The van der Waals surface area contributed by atoms with Crippen molar-refractivity contribution in [3.8, 4) is 0 Å². The second-order valence-electron chi connectivity index (χ2n) is 5.59. The largest absolute Gasteiger partial charge is 0.338 e. The van der Waals surface area contributed by atoms with Gasteiger partial charge >= 0.3 is 0 Å². The van der Waals surface area contributed by atoms with Crippen molar-refractivity contribution >= 4 is 29.5 Å². The summed E-state index contributed by atoms with van der Waals surface area (Å²) in [5, 5.41) is 0. The minimum absolute atomic E-state index is 0.0799. The van der Waals surface area contributed by atoms with Crippen LogP contribution in [0.25, 0.3) is 0 Å². The van der Waals surface area contributed by atoms with Gasteiger partial charge in [-0.2, -0.15) is 0 Å². The van der Waals surface area contributed by atoms with E-state index < -0.39 is 0 Å². The summed E-state index contributed by atoms with van der Waals surface area (Å²) in [5.41, 5.74) is 1.20. The number of hydrogen-bond donors (Lipinski definition) is 0. The maximum absolute atomic E-state index is 12.1. The highest BCUT2D eigenvalue weighted by Crippen LogP contribution is 2.23. The SMILES string of the molecule is O=C(CSCc1ccccc1)N1CC(N2C(=O)CCC2=O)C1. The van der Waals surface area contributed by atoms with E-state index in [4.69, 9.17) is 0 Å². The number of hydrogen-bond acceptors (Lipinski definition) is 4. The van der Waals surface area contributed by atoms with Gasteiger partial charge in [0.05, 0.1) is 11.8 Å². The molecule has 2 saturated heterocycles. The predicted molar refractivity (Wildman–Crippen MR) is 84.1 cm³/mol. The van der Waals surface area contributed by atoms with E-state index in [1.54, 1.807) is 16.7 Å². The van der Waals surface area contributed by atoms with Crippen LogP contribution in [-0.2, 0) is 20.1 Å². The maximum Gasteiger partial charge on any atom is 0.232 e. The summed E-state index contributed by atoms with van der Waals surface area (Å²) < 4.78 is 0. The molecule has 0 N–H and O–H groups in total. The van der Waals surface area contributed by atoms with Gasteiger partial charge in [0.2, 0.25) is 17.7 Å². The molecule has 2 fully saturated rings. The number of carbonyl (C=O) groups excluding carboxylic acids is 3. The number of carbonyl (C=O) groups is 3. The van der Waals surface area contributed by atoms with Crippen LogP contribution in [-0.4, -0.2) is 52.4 Å². The zero-order valence-electron chi connectivity index (χ0n) is 12.2. The molecule has 2 heterocycles. The average Bonchev–Trinajstić information content (AvgIpc) is 2.79. The van der Waals surface area contributed by atoms with Crippen molar-refractivity contribution in [2.75, 3.05) is 18.8 Å². The molecular formula is C16H18N2O3S. The number of nitrogens with zero attached hydrogens (tertiary/aromatic N) is 2. The van der Waals surface area contributed by atoms with E-state index in [0.717, 1.165) is 5.75 Å². The Hall–Kier alpha value is -1.82. The fourth-order valence-corrected chi connectivity index (χ4v) is 3.63. The van der Waals surface area contributed by atoms with Crippen molar-refractivity contribution < 1.29 is 14.4 Å². The van der Waals surface area contributed by atoms with Crippen LogP contribution in [0, 0.1) is 0 Å². The first kappa shape index (κ1) is 15.1. The molecule has 3 rings (SSSR count). The average molecular weight is 318 g/mol. The minimum atomic E-state index is -0.106. The Morgan fingerprint density at radius 2 is 1.73 bits per heavy atom. The third-order valence-corrected chi connectivity index (χ3v) is 5.00. The fraction of sp³-hybridized carbons (Fsp3) is 0.438. The number of benzene rings is 1. The quantitative estimate of drug-likeness (QED) is 0.768. The monoisotopic (exact) mass is 318 g/mol. The standard InChI is InChI=1S/C16H18N2O3S/c19-14-6-7-15(20)18(14)13-8-17(9-13)16(21)11-22-10-12-4-2-1-3-5-12/h1-5,13H,6-11H2. The van der Waals surface area contributed by atoms with Crippen molar-refractivity contribution in [1.82, 2.24) is 9.80 Å². The topological polar surface area (TPSA) is 57.7 Å². The van der Waals surface area contributed by atoms with Gasteiger partial charge in [-0.25, -0.2) is 0 Å². The zero-order valence-corrected chi connectivity index (χ0v) is 13.1. The summed E-state index contributed by atoms with van der Waals surface area (Å²) in [6.45, 7) is 0.977. The zero-order chi connectivity index (χ0) is 15.5. The Morgan fingerprint density at radius 3 is 2.36 bits per heavy atom. The molecule has 1 aromatic rings. The lowest BCUT2D eigenvalue weighted by Gasteiger charge is -2.43. The van der Waals surface area contributed by atoms with Crippen molar-refractivity contribution in [2.45, 2.75) is 24.6 Å². The molecule has 22 heavy (non-hydrogen) atoms. The Kier molecular flexibility index (Phi) is 4.47. The molecule has 0 spiro atoms. The summed E-state index contributed by atoms with van der Waals surface area (Å²) in [6, 6.07) is 9.93. The van der Waals surface area contributed by atoms with Crippen LogP contribution in [0.2, 0.25) is 0 Å². The van der Waals surface area contributed by atoms with Gasteiger partial charge in [0.25, 0.3) is 0 Å². The lowest BCUT2D eigenvalue weighted by molar-refractivity contribution is -0.150. The van der Waals surface area contributed by atoms with Gasteiger partial charge < -0.3 is 4.90 Å². The van der Waals surface area contributed by atoms with Crippen LogP contribution in [0.4, 0.5) is 0 Å². The maximum atomic E-state index is 12.1. The molecule has 0 unspecified atom stereocenters. The van der Waals surface area contributed by atoms with Gasteiger partial charge in [0, 0.05) is 31.7 Å². The lowest BCUT2D eigenvalue weighted by Crippen LogP contribution is -2.62. The summed E-state index contributed by atoms with van der Waals surface area (Å²) in [6.07, 6.45) is 0.631. The molecule has 5 nitrogen and oxygen atoms in total. The Bertz CT molecular complexity index is 568. The molecule has 3 amide bonds. The lowest BCUT2D eigenvalue weighted by atomic mass is 10.1. The first-order valence-corrected chi connectivity index (χ1v) is 8.55. The van der Waals surface area contributed by atoms with Crippen molar-refractivity contribution in [3.63, 3.8) is 0 Å². The van der Waals surface area contributed by atoms with Crippen LogP contribution in [0.3, 0.4) is 0 Å². The highest BCUT2D eigenvalue weighted by atomic mass is 32.2. The minimum Gasteiger partial charge on any atom is -0.338 e. The molecule has 2 aliphatic heterocycles. The van der Waals surface area contributed by atoms with Gasteiger partial charge in [0.1, 0.15) is 0 Å². The first-order valence-electron chi connectivity index (χ1n) is 7.39. The molecule has 0 aliphatic carbocycles. The summed E-state index contributed by atoms with van der Waals surface area (Å²) in [4.78, 5) is 38.4. The smallest absolute Gasteiger partial charge is 0.232 e. The van der Waals surface area contributed by atoms with Gasteiger partial charge in [0.15, 0.2) is 0 Å². The number of thioether (sulfide) groups is 1. The molecule has 116 valence electrons. The summed E-state index contributed by atoms with van der Waals surface area (Å²) >= 11 is 1.59. The molecule has 0 radical (unpaired) electrons. The molecule has 0 aromatic heterocycles. The Balaban J connectivity index is 1.40. The van der Waals surface area contributed by atoms with E-state index in [9.17, 15) is 14.4 Å². The number of imide groups is 1. The van der Waals surface area contributed by atoms with Crippen LogP contribution < -0.4 is 0 Å². The summed E-state index contributed by atoms with van der Waals surface area (Å²) in [5.74, 6) is 1.13. The highest BCUT2D eigenvalue weighted by molar-refractivity contribution is 7.99. The van der Waals surface area contributed by atoms with Crippen LogP contribution in [0.1, 0.15) is 18.4 Å². The van der Waals surface area contributed by atoms with E-state index >= 15 is 0 Å². The van der Waals surface area contributed by atoms with Crippen LogP contribution in [0.5, 0.6) is 0 Å². The highest BCUT2D eigenvalue weighted by Gasteiger charge is 2.42. The Labute approximate surface area is 133 Å². The number of rotatable bonds is 5. The normalized spacial score (nSPS) is 18.7. The second kappa shape index (κ2) is 6.52. The van der Waals surface area contributed by atoms with Gasteiger partial charge in [-0.1, -0.05) is 30.3 Å². The summed E-state index contributed by atoms with van der Waals surface area (Å²) in [7, 11) is 0. The van der Waals surface area contributed by atoms with Crippen molar-refractivity contribution in [1.29, 1.82) is 0 Å². The van der Waals surface area contributed by atoms with Gasteiger partial charge in [-0.05, 0) is 5.56 Å². The predicted octanol–water partition coefficient (Wildman–Crippen LogP) is 1.28. The van der Waals surface area contributed by atoms with Crippen LogP contribution >= 0.6 is 11.8 Å². The van der Waals surface area contributed by atoms with Crippen LogP contribution in [0.15, 0.2) is 30.3 Å². The van der Waals surface area contributed by atoms with Crippen molar-refractivity contribution in [2.24, 2.45) is 0 Å². The third kappa shape index (κ3) is 3.16. The second-order valence-corrected chi connectivity index (χ2v) is 6.57.